The molecule has 0 saturated heterocycles. The molecule has 1 unspecified atom stereocenters. The number of phenolic OH excluding ortho intramolecular Hbond substituents is 1. The highest BCUT2D eigenvalue weighted by Crippen LogP contribution is 2.31. The molecule has 2 aromatic rings. The number of hydrogen-bond acceptors (Lipinski definition) is 2. The van der Waals surface area contributed by atoms with E-state index in [-0.39, 0.29) is 16.8 Å². The quantitative estimate of drug-likeness (QED) is 0.801. The van der Waals surface area contributed by atoms with Crippen molar-refractivity contribution in [2.75, 3.05) is 0 Å². The summed E-state index contributed by atoms with van der Waals surface area (Å²) in [7, 11) is 0. The lowest BCUT2D eigenvalue weighted by molar-refractivity contribution is 0.460. The largest absolute Gasteiger partial charge is 0.506 e. The summed E-state index contributed by atoms with van der Waals surface area (Å²) < 4.78 is 0. The third-order valence-electron chi connectivity index (χ3n) is 3.59. The fraction of sp³-hybridized carbons (Fsp3) is 0.294. The van der Waals surface area contributed by atoms with Crippen molar-refractivity contribution in [1.82, 2.24) is 5.32 Å². The maximum atomic E-state index is 9.94. The van der Waals surface area contributed by atoms with Crippen LogP contribution >= 0.6 is 23.2 Å². The topological polar surface area (TPSA) is 32.3 Å². The Hall–Kier alpha value is -1.22. The third-order valence-corrected chi connectivity index (χ3v) is 4.10. The molecular weight excluding hydrogens is 305 g/mol. The van der Waals surface area contributed by atoms with Crippen LogP contribution in [0.25, 0.3) is 0 Å². The Morgan fingerprint density at radius 1 is 1.14 bits per heavy atom. The summed E-state index contributed by atoms with van der Waals surface area (Å²) in [6.45, 7) is 4.73. The molecule has 4 heteroatoms. The Bertz CT molecular complexity index is 611. The normalized spacial score (nSPS) is 12.4. The number of aryl methyl sites for hydroxylation is 1. The molecule has 0 aliphatic carbocycles. The minimum Gasteiger partial charge on any atom is -0.506 e. The minimum atomic E-state index is 0.0853. The van der Waals surface area contributed by atoms with E-state index >= 15 is 0 Å². The fourth-order valence-corrected chi connectivity index (χ4v) is 2.71. The first kappa shape index (κ1) is 16.2. The van der Waals surface area contributed by atoms with Gasteiger partial charge in [-0.2, -0.15) is 0 Å². The fourth-order valence-electron chi connectivity index (χ4n) is 2.18. The molecule has 0 heterocycles. The van der Waals surface area contributed by atoms with E-state index in [2.05, 4.69) is 43.4 Å². The van der Waals surface area contributed by atoms with Crippen molar-refractivity contribution in [3.63, 3.8) is 0 Å². The van der Waals surface area contributed by atoms with Crippen LogP contribution in [0.1, 0.15) is 36.6 Å². The highest BCUT2D eigenvalue weighted by molar-refractivity contribution is 6.35. The van der Waals surface area contributed by atoms with Gasteiger partial charge in [0.15, 0.2) is 0 Å². The molecule has 0 aromatic heterocycles. The molecule has 0 saturated carbocycles. The molecule has 0 spiro atoms. The van der Waals surface area contributed by atoms with Crippen molar-refractivity contribution >= 4 is 23.2 Å². The van der Waals surface area contributed by atoms with Crippen molar-refractivity contribution in [3.8, 4) is 5.75 Å². The molecule has 0 aliphatic heterocycles. The van der Waals surface area contributed by atoms with E-state index in [1.807, 2.05) is 0 Å². The van der Waals surface area contributed by atoms with E-state index in [4.69, 9.17) is 23.2 Å². The first-order valence-corrected chi connectivity index (χ1v) is 7.76. The molecule has 2 aromatic carbocycles. The van der Waals surface area contributed by atoms with E-state index < -0.39 is 0 Å². The molecule has 0 fully saturated rings. The molecule has 0 aliphatic rings. The van der Waals surface area contributed by atoms with Crippen molar-refractivity contribution in [2.24, 2.45) is 0 Å². The molecule has 0 bridgehead atoms. The summed E-state index contributed by atoms with van der Waals surface area (Å²) in [6, 6.07) is 12.0. The minimum absolute atomic E-state index is 0.0853. The van der Waals surface area contributed by atoms with Gasteiger partial charge < -0.3 is 10.4 Å². The Labute approximate surface area is 135 Å². The van der Waals surface area contributed by atoms with Crippen molar-refractivity contribution < 1.29 is 5.11 Å². The zero-order valence-corrected chi connectivity index (χ0v) is 13.7. The van der Waals surface area contributed by atoms with Crippen LogP contribution in [-0.4, -0.2) is 5.11 Å². The molecule has 2 nitrogen and oxygen atoms in total. The van der Waals surface area contributed by atoms with E-state index in [0.717, 1.165) is 6.42 Å². The highest BCUT2D eigenvalue weighted by atomic mass is 35.5. The van der Waals surface area contributed by atoms with Crippen LogP contribution in [0.2, 0.25) is 10.0 Å². The second-order valence-electron chi connectivity index (χ2n) is 5.09. The molecule has 0 radical (unpaired) electrons. The van der Waals surface area contributed by atoms with Crippen molar-refractivity contribution in [3.05, 3.63) is 63.1 Å². The predicted molar refractivity (Wildman–Crippen MR) is 89.2 cm³/mol. The Balaban J connectivity index is 2.05. The molecule has 112 valence electrons. The van der Waals surface area contributed by atoms with Crippen molar-refractivity contribution in [1.29, 1.82) is 0 Å². The summed E-state index contributed by atoms with van der Waals surface area (Å²) in [5, 5.41) is 14.1. The summed E-state index contributed by atoms with van der Waals surface area (Å²) in [5.41, 5.74) is 3.23. The van der Waals surface area contributed by atoms with Gasteiger partial charge in [-0.3, -0.25) is 0 Å². The van der Waals surface area contributed by atoms with Crippen LogP contribution in [0.3, 0.4) is 0 Å². The Morgan fingerprint density at radius 2 is 1.81 bits per heavy atom. The first-order chi connectivity index (χ1) is 10.0. The zero-order valence-electron chi connectivity index (χ0n) is 12.2. The lowest BCUT2D eigenvalue weighted by Gasteiger charge is -2.16. The average Bonchev–Trinajstić information content (AvgIpc) is 2.49. The Morgan fingerprint density at radius 3 is 2.43 bits per heavy atom. The van der Waals surface area contributed by atoms with E-state index in [0.29, 0.717) is 17.1 Å². The first-order valence-electron chi connectivity index (χ1n) is 7.00. The van der Waals surface area contributed by atoms with Crippen LogP contribution in [0, 0.1) is 0 Å². The number of phenols is 1. The number of nitrogens with one attached hydrogen (secondary N) is 1. The third kappa shape index (κ3) is 4.13. The second-order valence-corrected chi connectivity index (χ2v) is 5.94. The summed E-state index contributed by atoms with van der Waals surface area (Å²) in [4.78, 5) is 0. The summed E-state index contributed by atoms with van der Waals surface area (Å²) in [6.07, 6.45) is 1.04. The van der Waals surface area contributed by atoms with Crippen LogP contribution in [0.4, 0.5) is 0 Å². The van der Waals surface area contributed by atoms with Crippen LogP contribution in [0.15, 0.2) is 36.4 Å². The summed E-state index contributed by atoms with van der Waals surface area (Å²) in [5.74, 6) is 0.0853. The second kappa shape index (κ2) is 7.17. The van der Waals surface area contributed by atoms with Gasteiger partial charge in [0.1, 0.15) is 5.75 Å². The SMILES string of the molecule is CCc1ccc(C(C)NCc2cc(Cl)cc(Cl)c2O)cc1. The standard InChI is InChI=1S/C17H19Cl2NO/c1-3-12-4-6-13(7-5-12)11(2)20-10-14-8-15(18)9-16(19)17(14)21/h4-9,11,20-21H,3,10H2,1-2H3. The van der Waals surface area contributed by atoms with Crippen LogP contribution in [0.5, 0.6) is 5.75 Å². The highest BCUT2D eigenvalue weighted by Gasteiger charge is 2.10. The Kier molecular flexibility index (Phi) is 5.51. The van der Waals surface area contributed by atoms with E-state index in [1.165, 1.54) is 17.2 Å². The van der Waals surface area contributed by atoms with Gasteiger partial charge >= 0.3 is 0 Å². The average molecular weight is 324 g/mol. The van der Waals surface area contributed by atoms with Gasteiger partial charge in [-0.15, -0.1) is 0 Å². The van der Waals surface area contributed by atoms with Gasteiger partial charge in [0, 0.05) is 23.2 Å². The van der Waals surface area contributed by atoms with Crippen LogP contribution in [-0.2, 0) is 13.0 Å². The van der Waals surface area contributed by atoms with Gasteiger partial charge in [0.25, 0.3) is 0 Å². The molecule has 21 heavy (non-hydrogen) atoms. The maximum Gasteiger partial charge on any atom is 0.138 e. The number of hydrogen-bond donors (Lipinski definition) is 2. The van der Waals surface area contributed by atoms with Gasteiger partial charge in [0.2, 0.25) is 0 Å². The smallest absolute Gasteiger partial charge is 0.138 e. The van der Waals surface area contributed by atoms with Gasteiger partial charge in [-0.1, -0.05) is 54.4 Å². The summed E-state index contributed by atoms with van der Waals surface area (Å²) >= 11 is 11.9. The molecule has 2 N–H and O–H groups in total. The lowest BCUT2D eigenvalue weighted by atomic mass is 10.0. The van der Waals surface area contributed by atoms with Gasteiger partial charge in [-0.05, 0) is 36.6 Å². The monoisotopic (exact) mass is 323 g/mol. The number of rotatable bonds is 5. The van der Waals surface area contributed by atoms with Crippen LogP contribution < -0.4 is 5.32 Å². The molecule has 1 atom stereocenters. The molecule has 2 rings (SSSR count). The lowest BCUT2D eigenvalue weighted by Crippen LogP contribution is -2.18. The molecular formula is C17H19Cl2NO. The zero-order chi connectivity index (χ0) is 15.4. The van der Waals surface area contributed by atoms with E-state index in [1.54, 1.807) is 6.07 Å². The van der Waals surface area contributed by atoms with Crippen molar-refractivity contribution in [2.45, 2.75) is 32.9 Å². The number of benzene rings is 2. The number of halogens is 2. The van der Waals surface area contributed by atoms with Gasteiger partial charge in [0.05, 0.1) is 5.02 Å². The van der Waals surface area contributed by atoms with Gasteiger partial charge in [-0.25, -0.2) is 0 Å². The van der Waals surface area contributed by atoms with E-state index in [9.17, 15) is 5.11 Å². The maximum absolute atomic E-state index is 9.94. The molecule has 0 amide bonds. The predicted octanol–water partition coefficient (Wildman–Crippen LogP) is 5.11. The number of aromatic hydroxyl groups is 1.